The summed E-state index contributed by atoms with van der Waals surface area (Å²) < 4.78 is 0. The van der Waals surface area contributed by atoms with E-state index in [9.17, 15) is 20.0 Å². The fourth-order valence-electron chi connectivity index (χ4n) is 2.18. The fourth-order valence-corrected chi connectivity index (χ4v) is 2.18. The first-order valence-corrected chi connectivity index (χ1v) is 6.69. The maximum absolute atomic E-state index is 12.3. The molecular formula is C16H11N3O4. The number of nitro benzene ring substituents is 1. The Bertz CT molecular complexity index is 907. The molecule has 0 aliphatic heterocycles. The van der Waals surface area contributed by atoms with Crippen molar-refractivity contribution in [1.29, 1.82) is 0 Å². The molecule has 0 aliphatic rings. The average molecular weight is 309 g/mol. The first kappa shape index (κ1) is 14.5. The van der Waals surface area contributed by atoms with Gasteiger partial charge in [0.15, 0.2) is 5.75 Å². The Hall–Kier alpha value is -3.48. The number of hydrogen-bond donors (Lipinski definition) is 2. The van der Waals surface area contributed by atoms with Crippen molar-refractivity contribution in [2.24, 2.45) is 0 Å². The number of carbonyl (C=O) groups is 1. The van der Waals surface area contributed by atoms with Gasteiger partial charge in [-0.2, -0.15) is 0 Å². The lowest BCUT2D eigenvalue weighted by Crippen LogP contribution is -2.12. The van der Waals surface area contributed by atoms with Crippen molar-refractivity contribution in [3.8, 4) is 5.75 Å². The molecule has 1 heterocycles. The number of pyridine rings is 1. The lowest BCUT2D eigenvalue weighted by Gasteiger charge is -2.08. The number of phenols is 1. The highest BCUT2D eigenvalue weighted by atomic mass is 16.6. The van der Waals surface area contributed by atoms with Gasteiger partial charge in [0.25, 0.3) is 11.6 Å². The Kier molecular flexibility index (Phi) is 3.60. The highest BCUT2D eigenvalue weighted by molar-refractivity contribution is 6.09. The second-order valence-electron chi connectivity index (χ2n) is 4.79. The SMILES string of the molecule is O=C(Nc1ccc([N+](=O)[O-])cc1)c1ccc2cccnc2c1O. The largest absolute Gasteiger partial charge is 0.505 e. The molecule has 0 saturated heterocycles. The van der Waals surface area contributed by atoms with E-state index in [4.69, 9.17) is 0 Å². The molecule has 3 aromatic rings. The van der Waals surface area contributed by atoms with Gasteiger partial charge < -0.3 is 10.4 Å². The summed E-state index contributed by atoms with van der Waals surface area (Å²) in [5, 5.41) is 24.1. The third kappa shape index (κ3) is 2.80. The van der Waals surface area contributed by atoms with Crippen LogP contribution in [-0.4, -0.2) is 20.9 Å². The van der Waals surface area contributed by atoms with Gasteiger partial charge in [-0.1, -0.05) is 12.1 Å². The Labute approximate surface area is 130 Å². The van der Waals surface area contributed by atoms with E-state index in [1.807, 2.05) is 0 Å². The summed E-state index contributed by atoms with van der Waals surface area (Å²) in [6.45, 7) is 0. The minimum Gasteiger partial charge on any atom is -0.505 e. The molecule has 7 heteroatoms. The number of carbonyl (C=O) groups excluding carboxylic acids is 1. The predicted molar refractivity (Wildman–Crippen MR) is 84.5 cm³/mol. The van der Waals surface area contributed by atoms with Crippen molar-refractivity contribution < 1.29 is 14.8 Å². The molecule has 0 saturated carbocycles. The predicted octanol–water partition coefficient (Wildman–Crippen LogP) is 3.10. The van der Waals surface area contributed by atoms with E-state index < -0.39 is 10.8 Å². The normalized spacial score (nSPS) is 10.4. The zero-order valence-electron chi connectivity index (χ0n) is 11.8. The molecule has 7 nitrogen and oxygen atoms in total. The van der Waals surface area contributed by atoms with Crippen molar-refractivity contribution in [3.63, 3.8) is 0 Å². The monoisotopic (exact) mass is 309 g/mol. The topological polar surface area (TPSA) is 105 Å². The number of fused-ring (bicyclic) bond motifs is 1. The number of hydrogen-bond acceptors (Lipinski definition) is 5. The van der Waals surface area contributed by atoms with Crippen molar-refractivity contribution in [2.45, 2.75) is 0 Å². The van der Waals surface area contributed by atoms with Crippen molar-refractivity contribution >= 4 is 28.2 Å². The lowest BCUT2D eigenvalue weighted by molar-refractivity contribution is -0.384. The molecule has 0 bridgehead atoms. The summed E-state index contributed by atoms with van der Waals surface area (Å²) in [5.41, 5.74) is 0.736. The summed E-state index contributed by atoms with van der Waals surface area (Å²) in [6, 6.07) is 12.1. The zero-order chi connectivity index (χ0) is 16.4. The molecule has 23 heavy (non-hydrogen) atoms. The van der Waals surface area contributed by atoms with Crippen molar-refractivity contribution in [2.75, 3.05) is 5.32 Å². The van der Waals surface area contributed by atoms with E-state index in [-0.39, 0.29) is 17.0 Å². The molecule has 0 atom stereocenters. The summed E-state index contributed by atoms with van der Waals surface area (Å²) in [5.74, 6) is -0.730. The molecule has 1 amide bonds. The standard InChI is InChI=1S/C16H11N3O4/c20-15-13(8-3-10-2-1-9-17-14(10)15)16(21)18-11-4-6-12(7-5-11)19(22)23/h1-9,20H,(H,18,21). The first-order chi connectivity index (χ1) is 11.1. The highest BCUT2D eigenvalue weighted by Gasteiger charge is 2.15. The van der Waals surface area contributed by atoms with Crippen LogP contribution in [0.25, 0.3) is 10.9 Å². The van der Waals surface area contributed by atoms with E-state index in [2.05, 4.69) is 10.3 Å². The van der Waals surface area contributed by atoms with Crippen molar-refractivity contribution in [3.05, 3.63) is 70.4 Å². The molecular weight excluding hydrogens is 298 g/mol. The minimum absolute atomic E-state index is 0.0687. The van der Waals surface area contributed by atoms with Crippen LogP contribution < -0.4 is 5.32 Å². The highest BCUT2D eigenvalue weighted by Crippen LogP contribution is 2.27. The van der Waals surface area contributed by atoms with Gasteiger partial charge in [-0.25, -0.2) is 0 Å². The fraction of sp³-hybridized carbons (Fsp3) is 0. The maximum Gasteiger partial charge on any atom is 0.269 e. The Balaban J connectivity index is 1.88. The number of rotatable bonds is 3. The number of anilines is 1. The van der Waals surface area contributed by atoms with Crippen LogP contribution in [0.15, 0.2) is 54.7 Å². The Morgan fingerprint density at radius 3 is 2.57 bits per heavy atom. The van der Waals surface area contributed by atoms with Gasteiger partial charge >= 0.3 is 0 Å². The van der Waals surface area contributed by atoms with Crippen LogP contribution in [0.4, 0.5) is 11.4 Å². The molecule has 0 aliphatic carbocycles. The lowest BCUT2D eigenvalue weighted by atomic mass is 10.1. The van der Waals surface area contributed by atoms with Crippen LogP contribution in [0, 0.1) is 10.1 Å². The van der Waals surface area contributed by atoms with E-state index in [1.165, 1.54) is 36.5 Å². The van der Waals surface area contributed by atoms with Gasteiger partial charge in [-0.05, 0) is 24.3 Å². The van der Waals surface area contributed by atoms with Gasteiger partial charge in [-0.3, -0.25) is 19.9 Å². The molecule has 0 fully saturated rings. The van der Waals surface area contributed by atoms with E-state index in [1.54, 1.807) is 18.2 Å². The van der Waals surface area contributed by atoms with Crippen LogP contribution in [-0.2, 0) is 0 Å². The number of amides is 1. The number of aromatic hydroxyl groups is 1. The zero-order valence-corrected chi connectivity index (χ0v) is 11.8. The third-order valence-electron chi connectivity index (χ3n) is 3.33. The molecule has 0 spiro atoms. The number of benzene rings is 2. The van der Waals surface area contributed by atoms with Gasteiger partial charge in [0.05, 0.1) is 10.5 Å². The smallest absolute Gasteiger partial charge is 0.269 e. The summed E-state index contributed by atoms with van der Waals surface area (Å²) in [6.07, 6.45) is 1.53. The molecule has 114 valence electrons. The number of phenolic OH excluding ortho intramolecular Hbond substituents is 1. The molecule has 3 rings (SSSR count). The van der Waals surface area contributed by atoms with Gasteiger partial charge in [0.2, 0.25) is 0 Å². The Morgan fingerprint density at radius 1 is 1.13 bits per heavy atom. The van der Waals surface area contributed by atoms with Gasteiger partial charge in [0, 0.05) is 29.4 Å². The van der Waals surface area contributed by atoms with E-state index in [0.29, 0.717) is 11.2 Å². The van der Waals surface area contributed by atoms with Crippen molar-refractivity contribution in [1.82, 2.24) is 4.98 Å². The molecule has 1 aromatic heterocycles. The summed E-state index contributed by atoms with van der Waals surface area (Å²) in [7, 11) is 0. The second kappa shape index (κ2) is 5.72. The van der Waals surface area contributed by atoms with Crippen LogP contribution in [0.2, 0.25) is 0 Å². The average Bonchev–Trinajstić information content (AvgIpc) is 2.56. The molecule has 0 radical (unpaired) electrons. The Morgan fingerprint density at radius 2 is 1.87 bits per heavy atom. The minimum atomic E-state index is -0.524. The van der Waals surface area contributed by atoms with Crippen LogP contribution in [0.1, 0.15) is 10.4 Å². The number of nitro groups is 1. The number of nitrogens with zero attached hydrogens (tertiary/aromatic N) is 2. The molecule has 0 unspecified atom stereocenters. The van der Waals surface area contributed by atoms with E-state index in [0.717, 1.165) is 5.39 Å². The number of non-ortho nitro benzene ring substituents is 1. The van der Waals surface area contributed by atoms with E-state index >= 15 is 0 Å². The first-order valence-electron chi connectivity index (χ1n) is 6.69. The number of nitrogens with one attached hydrogen (secondary N) is 1. The molecule has 2 aromatic carbocycles. The quantitative estimate of drug-likeness (QED) is 0.571. The maximum atomic E-state index is 12.3. The number of aromatic nitrogens is 1. The van der Waals surface area contributed by atoms with Gasteiger partial charge in [-0.15, -0.1) is 0 Å². The molecule has 2 N–H and O–H groups in total. The summed E-state index contributed by atoms with van der Waals surface area (Å²) in [4.78, 5) is 26.4. The summed E-state index contributed by atoms with van der Waals surface area (Å²) >= 11 is 0. The third-order valence-corrected chi connectivity index (χ3v) is 3.33. The van der Waals surface area contributed by atoms with Gasteiger partial charge in [0.1, 0.15) is 5.52 Å². The second-order valence-corrected chi connectivity index (χ2v) is 4.79. The van der Waals surface area contributed by atoms with Crippen LogP contribution in [0.5, 0.6) is 5.75 Å². The van der Waals surface area contributed by atoms with Crippen LogP contribution in [0.3, 0.4) is 0 Å². The van der Waals surface area contributed by atoms with Crippen LogP contribution >= 0.6 is 0 Å².